The van der Waals surface area contributed by atoms with Gasteiger partial charge in [0, 0.05) is 11.6 Å². The Morgan fingerprint density at radius 1 is 1.29 bits per heavy atom. The van der Waals surface area contributed by atoms with Crippen LogP contribution >= 0.6 is 0 Å². The third-order valence-electron chi connectivity index (χ3n) is 3.61. The highest BCUT2D eigenvalue weighted by atomic mass is 32.2. The molecular formula is C13H16F2N2O3S. The molecule has 0 bridgehead atoms. The van der Waals surface area contributed by atoms with Gasteiger partial charge in [0.15, 0.2) is 0 Å². The van der Waals surface area contributed by atoms with Gasteiger partial charge in [-0.3, -0.25) is 4.79 Å². The van der Waals surface area contributed by atoms with Crippen molar-refractivity contribution in [3.8, 4) is 0 Å². The van der Waals surface area contributed by atoms with Crippen LogP contribution < -0.4 is 10.5 Å². The molecule has 1 aromatic rings. The third-order valence-corrected chi connectivity index (χ3v) is 4.53. The number of halogens is 2. The average Bonchev–Trinajstić information content (AvgIpc) is 3.09. The van der Waals surface area contributed by atoms with Crippen molar-refractivity contribution in [3.63, 3.8) is 0 Å². The Labute approximate surface area is 121 Å². The van der Waals surface area contributed by atoms with Gasteiger partial charge in [-0.05, 0) is 38.7 Å². The summed E-state index contributed by atoms with van der Waals surface area (Å²) in [5.41, 5.74) is -1.09. The Morgan fingerprint density at radius 3 is 2.33 bits per heavy atom. The van der Waals surface area contributed by atoms with E-state index in [1.54, 1.807) is 13.8 Å². The van der Waals surface area contributed by atoms with Crippen molar-refractivity contribution < 1.29 is 22.0 Å². The highest BCUT2D eigenvalue weighted by Crippen LogP contribution is 2.39. The largest absolute Gasteiger partial charge is 0.347 e. The fourth-order valence-electron chi connectivity index (χ4n) is 2.19. The van der Waals surface area contributed by atoms with Gasteiger partial charge in [-0.2, -0.15) is 0 Å². The lowest BCUT2D eigenvalue weighted by Crippen LogP contribution is -2.45. The number of nitrogens with one attached hydrogen (secondary N) is 1. The molecule has 5 nitrogen and oxygen atoms in total. The second-order valence-corrected chi connectivity index (χ2v) is 7.29. The van der Waals surface area contributed by atoms with Crippen LogP contribution in [0.15, 0.2) is 17.0 Å². The number of amides is 1. The molecule has 1 fully saturated rings. The van der Waals surface area contributed by atoms with E-state index in [4.69, 9.17) is 5.14 Å². The maximum Gasteiger partial charge on any atom is 0.254 e. The zero-order valence-corrected chi connectivity index (χ0v) is 12.4. The standard InChI is InChI=1S/C13H16F2N2O3S/c1-13(2,7-3-4-7)17-12(18)8-5-11(21(16,19)20)10(15)6-9(8)14/h5-7H,3-4H2,1-2H3,(H,17,18)(H2,16,19,20). The molecule has 0 radical (unpaired) electrons. The van der Waals surface area contributed by atoms with Crippen LogP contribution in [0.3, 0.4) is 0 Å². The van der Waals surface area contributed by atoms with E-state index in [-0.39, 0.29) is 0 Å². The summed E-state index contributed by atoms with van der Waals surface area (Å²) < 4.78 is 49.6. The van der Waals surface area contributed by atoms with Crippen LogP contribution in [-0.4, -0.2) is 19.9 Å². The molecule has 0 aromatic heterocycles. The smallest absolute Gasteiger partial charge is 0.254 e. The lowest BCUT2D eigenvalue weighted by atomic mass is 9.98. The van der Waals surface area contributed by atoms with Crippen LogP contribution in [0.2, 0.25) is 0 Å². The number of benzene rings is 1. The highest BCUT2D eigenvalue weighted by molar-refractivity contribution is 7.89. The summed E-state index contributed by atoms with van der Waals surface area (Å²) in [6.45, 7) is 3.59. The monoisotopic (exact) mass is 318 g/mol. The van der Waals surface area contributed by atoms with Gasteiger partial charge in [0.05, 0.1) is 5.56 Å². The molecule has 0 atom stereocenters. The fourth-order valence-corrected chi connectivity index (χ4v) is 2.80. The molecule has 0 unspecified atom stereocenters. The van der Waals surface area contributed by atoms with Crippen molar-refractivity contribution in [2.24, 2.45) is 11.1 Å². The van der Waals surface area contributed by atoms with E-state index in [9.17, 15) is 22.0 Å². The first-order valence-electron chi connectivity index (χ1n) is 6.37. The topological polar surface area (TPSA) is 89.3 Å². The minimum Gasteiger partial charge on any atom is -0.347 e. The molecule has 0 saturated heterocycles. The molecule has 21 heavy (non-hydrogen) atoms. The normalized spacial score (nSPS) is 15.9. The fraction of sp³-hybridized carbons (Fsp3) is 0.462. The average molecular weight is 318 g/mol. The maximum atomic E-state index is 13.7. The summed E-state index contributed by atoms with van der Waals surface area (Å²) in [5, 5.41) is 7.48. The first-order valence-corrected chi connectivity index (χ1v) is 7.91. The molecule has 0 heterocycles. The van der Waals surface area contributed by atoms with Gasteiger partial charge < -0.3 is 5.32 Å². The van der Waals surface area contributed by atoms with E-state index in [1.165, 1.54) is 0 Å². The summed E-state index contributed by atoms with van der Waals surface area (Å²) in [4.78, 5) is 11.2. The van der Waals surface area contributed by atoms with E-state index in [2.05, 4.69) is 5.32 Å². The summed E-state index contributed by atoms with van der Waals surface area (Å²) in [6.07, 6.45) is 1.92. The van der Waals surface area contributed by atoms with E-state index in [1.807, 2.05) is 0 Å². The maximum absolute atomic E-state index is 13.7. The molecular weight excluding hydrogens is 302 g/mol. The van der Waals surface area contributed by atoms with Gasteiger partial charge in [0.2, 0.25) is 10.0 Å². The summed E-state index contributed by atoms with van der Waals surface area (Å²) in [6, 6.07) is 0.969. The number of carbonyl (C=O) groups is 1. The Bertz CT molecular complexity index is 698. The summed E-state index contributed by atoms with van der Waals surface area (Å²) in [7, 11) is -4.38. The second-order valence-electron chi connectivity index (χ2n) is 5.76. The van der Waals surface area contributed by atoms with Crippen LogP contribution in [0, 0.1) is 17.6 Å². The van der Waals surface area contributed by atoms with Gasteiger partial charge in [0.25, 0.3) is 5.91 Å². The number of hydrogen-bond donors (Lipinski definition) is 2. The molecule has 0 spiro atoms. The predicted octanol–water partition coefficient (Wildman–Crippen LogP) is 1.53. The minimum atomic E-state index is -4.38. The number of sulfonamides is 1. The van der Waals surface area contributed by atoms with Crippen LogP contribution in [0.5, 0.6) is 0 Å². The summed E-state index contributed by atoms with van der Waals surface area (Å²) in [5.74, 6) is -2.96. The first-order chi connectivity index (χ1) is 9.52. The Kier molecular flexibility index (Phi) is 3.79. The summed E-state index contributed by atoms with van der Waals surface area (Å²) >= 11 is 0. The number of hydrogen-bond acceptors (Lipinski definition) is 3. The van der Waals surface area contributed by atoms with Gasteiger partial charge in [-0.25, -0.2) is 22.3 Å². The Hall–Kier alpha value is -1.54. The third kappa shape index (κ3) is 3.38. The van der Waals surface area contributed by atoms with Crippen molar-refractivity contribution >= 4 is 15.9 Å². The molecule has 1 aromatic carbocycles. The molecule has 2 rings (SSSR count). The number of carbonyl (C=O) groups excluding carboxylic acids is 1. The molecule has 116 valence electrons. The molecule has 1 aliphatic carbocycles. The van der Waals surface area contributed by atoms with Crippen LogP contribution in [0.1, 0.15) is 37.0 Å². The highest BCUT2D eigenvalue weighted by Gasteiger charge is 2.39. The van der Waals surface area contributed by atoms with Crippen LogP contribution in [0.4, 0.5) is 8.78 Å². The van der Waals surface area contributed by atoms with Crippen molar-refractivity contribution in [2.45, 2.75) is 37.1 Å². The number of primary sulfonamides is 1. The molecule has 0 aliphatic heterocycles. The lowest BCUT2D eigenvalue weighted by Gasteiger charge is -2.26. The van der Waals surface area contributed by atoms with Gasteiger partial charge in [0.1, 0.15) is 16.5 Å². The molecule has 3 N–H and O–H groups in total. The Balaban J connectivity index is 2.37. The lowest BCUT2D eigenvalue weighted by molar-refractivity contribution is 0.0899. The van der Waals surface area contributed by atoms with Crippen molar-refractivity contribution in [1.82, 2.24) is 5.32 Å². The zero-order chi connectivity index (χ0) is 16.0. The van der Waals surface area contributed by atoms with E-state index >= 15 is 0 Å². The van der Waals surface area contributed by atoms with E-state index in [0.29, 0.717) is 18.1 Å². The van der Waals surface area contributed by atoms with Crippen LogP contribution in [-0.2, 0) is 10.0 Å². The van der Waals surface area contributed by atoms with Crippen molar-refractivity contribution in [1.29, 1.82) is 0 Å². The quantitative estimate of drug-likeness (QED) is 0.882. The molecule has 1 amide bonds. The first kappa shape index (κ1) is 15.8. The minimum absolute atomic E-state index is 0.294. The second kappa shape index (κ2) is 5.03. The zero-order valence-electron chi connectivity index (χ0n) is 11.6. The van der Waals surface area contributed by atoms with Crippen molar-refractivity contribution in [3.05, 3.63) is 29.3 Å². The predicted molar refractivity (Wildman–Crippen MR) is 72.0 cm³/mol. The molecule has 8 heteroatoms. The van der Waals surface area contributed by atoms with Gasteiger partial charge >= 0.3 is 0 Å². The van der Waals surface area contributed by atoms with Gasteiger partial charge in [-0.1, -0.05) is 0 Å². The van der Waals surface area contributed by atoms with Crippen LogP contribution in [0.25, 0.3) is 0 Å². The molecule has 1 aliphatic rings. The van der Waals surface area contributed by atoms with E-state index in [0.717, 1.165) is 12.8 Å². The SMILES string of the molecule is CC(C)(NC(=O)c1cc(S(N)(=O)=O)c(F)cc1F)C1CC1. The van der Waals surface area contributed by atoms with Crippen molar-refractivity contribution in [2.75, 3.05) is 0 Å². The van der Waals surface area contributed by atoms with E-state index < -0.39 is 43.6 Å². The number of nitrogens with two attached hydrogens (primary N) is 1. The Morgan fingerprint density at radius 2 is 1.86 bits per heavy atom. The number of rotatable bonds is 4. The van der Waals surface area contributed by atoms with Gasteiger partial charge in [-0.15, -0.1) is 0 Å². The molecule has 1 saturated carbocycles.